The van der Waals surface area contributed by atoms with E-state index in [1.165, 1.54) is 5.56 Å². The molecular formula is C18H18N2OS. The first-order valence-electron chi connectivity index (χ1n) is 7.19. The van der Waals surface area contributed by atoms with Gasteiger partial charge in [-0.25, -0.2) is 0 Å². The van der Waals surface area contributed by atoms with Crippen LogP contribution in [0.1, 0.15) is 27.0 Å². The number of amides is 1. The van der Waals surface area contributed by atoms with E-state index in [2.05, 4.69) is 24.0 Å². The molecule has 0 aliphatic rings. The minimum Gasteiger partial charge on any atom is -0.319 e. The van der Waals surface area contributed by atoms with Gasteiger partial charge in [-0.1, -0.05) is 41.2 Å². The standard InChI is InChI=1S/C18H18N2OS/c1-11-8-9-14(13(3)10-11)17(21)19-18-20(4)16-12(2)6-5-7-15(16)22-18/h5-10H,1-4H3. The Morgan fingerprint density at radius 2 is 1.86 bits per heavy atom. The zero-order valence-electron chi connectivity index (χ0n) is 13.2. The van der Waals surface area contributed by atoms with Crippen molar-refractivity contribution < 1.29 is 4.79 Å². The van der Waals surface area contributed by atoms with E-state index < -0.39 is 0 Å². The van der Waals surface area contributed by atoms with Crippen molar-refractivity contribution >= 4 is 27.5 Å². The van der Waals surface area contributed by atoms with Gasteiger partial charge in [0.2, 0.25) is 0 Å². The minimum atomic E-state index is -0.183. The average Bonchev–Trinajstić information content (AvgIpc) is 2.76. The number of thiazole rings is 1. The number of benzene rings is 2. The highest BCUT2D eigenvalue weighted by molar-refractivity contribution is 7.16. The molecule has 0 aliphatic carbocycles. The minimum absolute atomic E-state index is 0.183. The van der Waals surface area contributed by atoms with E-state index in [1.54, 1.807) is 11.3 Å². The lowest BCUT2D eigenvalue weighted by Crippen LogP contribution is -2.14. The predicted octanol–water partition coefficient (Wildman–Crippen LogP) is 3.91. The number of aryl methyl sites for hydroxylation is 4. The van der Waals surface area contributed by atoms with E-state index in [0.29, 0.717) is 5.56 Å². The van der Waals surface area contributed by atoms with E-state index >= 15 is 0 Å². The van der Waals surface area contributed by atoms with Crippen LogP contribution in [0.25, 0.3) is 10.2 Å². The SMILES string of the molecule is Cc1ccc(C(=O)N=c2sc3cccc(C)c3n2C)c(C)c1. The molecule has 0 unspecified atom stereocenters. The Morgan fingerprint density at radius 3 is 2.55 bits per heavy atom. The van der Waals surface area contributed by atoms with Crippen LogP contribution >= 0.6 is 11.3 Å². The Hall–Kier alpha value is -2.20. The first-order chi connectivity index (χ1) is 10.5. The summed E-state index contributed by atoms with van der Waals surface area (Å²) in [6.07, 6.45) is 0. The Labute approximate surface area is 133 Å². The third kappa shape index (κ3) is 2.50. The van der Waals surface area contributed by atoms with Gasteiger partial charge in [-0.3, -0.25) is 4.79 Å². The van der Waals surface area contributed by atoms with Crippen LogP contribution in [0.2, 0.25) is 0 Å². The van der Waals surface area contributed by atoms with E-state index in [-0.39, 0.29) is 5.91 Å². The molecule has 1 heterocycles. The molecule has 0 fully saturated rings. The maximum absolute atomic E-state index is 12.5. The summed E-state index contributed by atoms with van der Waals surface area (Å²) in [5.41, 5.74) is 5.11. The van der Waals surface area contributed by atoms with Crippen LogP contribution in [-0.4, -0.2) is 10.5 Å². The first-order valence-corrected chi connectivity index (χ1v) is 8.00. The predicted molar refractivity (Wildman–Crippen MR) is 91.3 cm³/mol. The zero-order chi connectivity index (χ0) is 15.9. The molecule has 0 bridgehead atoms. The summed E-state index contributed by atoms with van der Waals surface area (Å²) in [6.45, 7) is 6.04. The van der Waals surface area contributed by atoms with Crippen molar-refractivity contribution in [3.8, 4) is 0 Å². The molecule has 1 aromatic heterocycles. The van der Waals surface area contributed by atoms with Crippen molar-refractivity contribution in [3.05, 3.63) is 63.5 Å². The highest BCUT2D eigenvalue weighted by Crippen LogP contribution is 2.20. The molecular weight excluding hydrogens is 292 g/mol. The number of hydrogen-bond donors (Lipinski definition) is 0. The number of fused-ring (bicyclic) bond motifs is 1. The first kappa shape index (κ1) is 14.7. The number of carbonyl (C=O) groups excluding carboxylic acids is 1. The maximum Gasteiger partial charge on any atom is 0.279 e. The highest BCUT2D eigenvalue weighted by atomic mass is 32.1. The van der Waals surface area contributed by atoms with Crippen LogP contribution in [0, 0.1) is 20.8 Å². The second kappa shape index (κ2) is 5.54. The molecule has 0 spiro atoms. The van der Waals surface area contributed by atoms with Crippen molar-refractivity contribution in [3.63, 3.8) is 0 Å². The maximum atomic E-state index is 12.5. The van der Waals surface area contributed by atoms with Gasteiger partial charge in [0.1, 0.15) is 0 Å². The Balaban J connectivity index is 2.14. The largest absolute Gasteiger partial charge is 0.319 e. The Kier molecular flexibility index (Phi) is 3.71. The molecule has 3 aromatic rings. The monoisotopic (exact) mass is 310 g/mol. The fourth-order valence-electron chi connectivity index (χ4n) is 2.71. The van der Waals surface area contributed by atoms with Crippen LogP contribution in [0.15, 0.2) is 41.4 Å². The molecule has 0 aliphatic heterocycles. The van der Waals surface area contributed by atoms with Gasteiger partial charge in [0.15, 0.2) is 4.80 Å². The van der Waals surface area contributed by atoms with Gasteiger partial charge < -0.3 is 4.57 Å². The van der Waals surface area contributed by atoms with Gasteiger partial charge in [0, 0.05) is 12.6 Å². The van der Waals surface area contributed by atoms with Crippen LogP contribution in [-0.2, 0) is 7.05 Å². The van der Waals surface area contributed by atoms with Gasteiger partial charge in [-0.05, 0) is 44.0 Å². The lowest BCUT2D eigenvalue weighted by atomic mass is 10.1. The number of aromatic nitrogens is 1. The van der Waals surface area contributed by atoms with Crippen LogP contribution in [0.4, 0.5) is 0 Å². The molecule has 0 N–H and O–H groups in total. The van der Waals surface area contributed by atoms with Gasteiger partial charge >= 0.3 is 0 Å². The topological polar surface area (TPSA) is 34.4 Å². The second-order valence-corrected chi connectivity index (χ2v) is 6.61. The lowest BCUT2D eigenvalue weighted by molar-refractivity contribution is 0.0997. The molecule has 2 aromatic carbocycles. The molecule has 112 valence electrons. The Bertz CT molecular complexity index is 947. The summed E-state index contributed by atoms with van der Waals surface area (Å²) < 4.78 is 3.14. The molecule has 0 saturated carbocycles. The van der Waals surface area contributed by atoms with Crippen LogP contribution < -0.4 is 4.80 Å². The van der Waals surface area contributed by atoms with Crippen molar-refractivity contribution in [2.75, 3.05) is 0 Å². The number of hydrogen-bond acceptors (Lipinski definition) is 2. The van der Waals surface area contributed by atoms with Gasteiger partial charge in [0.05, 0.1) is 10.2 Å². The summed E-state index contributed by atoms with van der Waals surface area (Å²) >= 11 is 1.55. The fourth-order valence-corrected chi connectivity index (χ4v) is 3.80. The summed E-state index contributed by atoms with van der Waals surface area (Å²) in [7, 11) is 1.96. The van der Waals surface area contributed by atoms with Crippen LogP contribution in [0.3, 0.4) is 0 Å². The van der Waals surface area contributed by atoms with Crippen molar-refractivity contribution in [2.24, 2.45) is 12.0 Å². The molecule has 3 rings (SSSR count). The smallest absolute Gasteiger partial charge is 0.279 e. The van der Waals surface area contributed by atoms with Gasteiger partial charge in [0.25, 0.3) is 5.91 Å². The van der Waals surface area contributed by atoms with Crippen molar-refractivity contribution in [1.29, 1.82) is 0 Å². The fraction of sp³-hybridized carbons (Fsp3) is 0.222. The highest BCUT2D eigenvalue weighted by Gasteiger charge is 2.10. The average molecular weight is 310 g/mol. The van der Waals surface area contributed by atoms with Crippen LogP contribution in [0.5, 0.6) is 0 Å². The number of nitrogens with zero attached hydrogens (tertiary/aromatic N) is 2. The second-order valence-electron chi connectivity index (χ2n) is 5.60. The van der Waals surface area contributed by atoms with Gasteiger partial charge in [-0.2, -0.15) is 4.99 Å². The van der Waals surface area contributed by atoms with Crippen molar-refractivity contribution in [2.45, 2.75) is 20.8 Å². The molecule has 0 atom stereocenters. The van der Waals surface area contributed by atoms with E-state index in [1.807, 2.05) is 49.7 Å². The number of carbonyl (C=O) groups is 1. The third-order valence-electron chi connectivity index (χ3n) is 3.83. The molecule has 22 heavy (non-hydrogen) atoms. The normalized spacial score (nSPS) is 12.1. The molecule has 3 nitrogen and oxygen atoms in total. The summed E-state index contributed by atoms with van der Waals surface area (Å²) in [5, 5.41) is 0. The number of rotatable bonds is 1. The summed E-state index contributed by atoms with van der Waals surface area (Å²) in [5.74, 6) is -0.183. The Morgan fingerprint density at radius 1 is 1.09 bits per heavy atom. The summed E-state index contributed by atoms with van der Waals surface area (Å²) in [4.78, 5) is 17.6. The van der Waals surface area contributed by atoms with Crippen molar-refractivity contribution in [1.82, 2.24) is 4.57 Å². The molecule has 0 radical (unpaired) electrons. The zero-order valence-corrected chi connectivity index (χ0v) is 14.0. The molecule has 4 heteroatoms. The summed E-state index contributed by atoms with van der Waals surface area (Å²) in [6, 6.07) is 12.0. The van der Waals surface area contributed by atoms with E-state index in [0.717, 1.165) is 26.1 Å². The van der Waals surface area contributed by atoms with Gasteiger partial charge in [-0.15, -0.1) is 0 Å². The van der Waals surface area contributed by atoms with E-state index in [9.17, 15) is 4.79 Å². The molecule has 0 saturated heterocycles. The third-order valence-corrected chi connectivity index (χ3v) is 4.93. The molecule has 1 amide bonds. The quantitative estimate of drug-likeness (QED) is 0.671. The lowest BCUT2D eigenvalue weighted by Gasteiger charge is -2.02. The number of para-hydroxylation sites is 1. The van der Waals surface area contributed by atoms with E-state index in [4.69, 9.17) is 0 Å².